The Bertz CT molecular complexity index is 1070. The monoisotopic (exact) mass is 518 g/mol. The summed E-state index contributed by atoms with van der Waals surface area (Å²) in [6.45, 7) is 1.21. The first-order valence-electron chi connectivity index (χ1n) is 9.55. The molecule has 0 spiro atoms. The van der Waals surface area contributed by atoms with E-state index in [-0.39, 0.29) is 24.0 Å². The van der Waals surface area contributed by atoms with E-state index in [0.29, 0.717) is 21.5 Å². The fraction of sp³-hybridized carbons (Fsp3) is 0.182. The number of thioether (sulfide) groups is 1. The van der Waals surface area contributed by atoms with Crippen LogP contribution in [0.3, 0.4) is 0 Å². The molecule has 2 aromatic carbocycles. The SMILES string of the molecule is CCOC(=O)CN1C(=O)S/C(=C\c2ccc(OCC(=O)Nc3ccccc3)c(Br)c2)C1=O. The smallest absolute Gasteiger partial charge is 0.326 e. The molecule has 1 aliphatic heterocycles. The van der Waals surface area contributed by atoms with Crippen LogP contribution in [0.2, 0.25) is 0 Å². The summed E-state index contributed by atoms with van der Waals surface area (Å²) < 4.78 is 10.9. The van der Waals surface area contributed by atoms with Gasteiger partial charge < -0.3 is 14.8 Å². The van der Waals surface area contributed by atoms with Crippen LogP contribution in [0.1, 0.15) is 12.5 Å². The van der Waals surface area contributed by atoms with Gasteiger partial charge in [-0.05, 0) is 70.5 Å². The van der Waals surface area contributed by atoms with Crippen LogP contribution in [0.15, 0.2) is 57.9 Å². The van der Waals surface area contributed by atoms with Crippen molar-refractivity contribution >= 4 is 62.5 Å². The number of anilines is 1. The van der Waals surface area contributed by atoms with E-state index < -0.39 is 23.7 Å². The number of para-hydroxylation sites is 1. The van der Waals surface area contributed by atoms with Gasteiger partial charge in [-0.1, -0.05) is 24.3 Å². The first-order chi connectivity index (χ1) is 15.4. The van der Waals surface area contributed by atoms with Crippen LogP contribution in [0.5, 0.6) is 5.75 Å². The van der Waals surface area contributed by atoms with Gasteiger partial charge in [0.1, 0.15) is 12.3 Å². The molecule has 2 aromatic rings. The molecule has 3 rings (SSSR count). The summed E-state index contributed by atoms with van der Waals surface area (Å²) in [7, 11) is 0. The Morgan fingerprint density at radius 1 is 1.16 bits per heavy atom. The zero-order valence-corrected chi connectivity index (χ0v) is 19.4. The Morgan fingerprint density at radius 3 is 2.59 bits per heavy atom. The minimum Gasteiger partial charge on any atom is -0.483 e. The Kier molecular flexibility index (Phi) is 8.07. The van der Waals surface area contributed by atoms with Crippen LogP contribution >= 0.6 is 27.7 Å². The highest BCUT2D eigenvalue weighted by atomic mass is 79.9. The summed E-state index contributed by atoms with van der Waals surface area (Å²) in [4.78, 5) is 49.2. The van der Waals surface area contributed by atoms with Crippen LogP contribution in [0.25, 0.3) is 6.08 Å². The third-order valence-corrected chi connectivity index (χ3v) is 5.66. The number of hydrogen-bond acceptors (Lipinski definition) is 7. The van der Waals surface area contributed by atoms with Crippen molar-refractivity contribution in [2.24, 2.45) is 0 Å². The number of carbonyl (C=O) groups excluding carboxylic acids is 4. The first-order valence-corrected chi connectivity index (χ1v) is 11.2. The molecule has 0 atom stereocenters. The highest BCUT2D eigenvalue weighted by Crippen LogP contribution is 2.33. The lowest BCUT2D eigenvalue weighted by atomic mass is 10.2. The quantitative estimate of drug-likeness (QED) is 0.415. The molecule has 0 unspecified atom stereocenters. The lowest BCUT2D eigenvalue weighted by Gasteiger charge is -2.11. The van der Waals surface area contributed by atoms with Gasteiger partial charge in [0.25, 0.3) is 17.1 Å². The third kappa shape index (κ3) is 6.21. The molecular formula is C22H19BrN2O6S. The molecule has 10 heteroatoms. The van der Waals surface area contributed by atoms with Gasteiger partial charge in [-0.25, -0.2) is 0 Å². The van der Waals surface area contributed by atoms with Crippen LogP contribution in [-0.4, -0.2) is 47.7 Å². The molecule has 1 aliphatic rings. The number of halogens is 1. The molecule has 0 radical (unpaired) electrons. The number of amides is 3. The van der Waals surface area contributed by atoms with Gasteiger partial charge in [-0.3, -0.25) is 24.1 Å². The van der Waals surface area contributed by atoms with E-state index in [0.717, 1.165) is 16.7 Å². The molecule has 1 N–H and O–H groups in total. The Morgan fingerprint density at radius 2 is 1.91 bits per heavy atom. The maximum Gasteiger partial charge on any atom is 0.326 e. The zero-order chi connectivity index (χ0) is 23.1. The van der Waals surface area contributed by atoms with Crippen molar-refractivity contribution in [2.45, 2.75) is 6.92 Å². The van der Waals surface area contributed by atoms with E-state index in [1.165, 1.54) is 0 Å². The van der Waals surface area contributed by atoms with Crippen molar-refractivity contribution in [2.75, 3.05) is 25.1 Å². The first kappa shape index (κ1) is 23.6. The van der Waals surface area contributed by atoms with Crippen LogP contribution < -0.4 is 10.1 Å². The van der Waals surface area contributed by atoms with E-state index in [9.17, 15) is 19.2 Å². The highest BCUT2D eigenvalue weighted by molar-refractivity contribution is 9.10. The highest BCUT2D eigenvalue weighted by Gasteiger charge is 2.36. The van der Waals surface area contributed by atoms with E-state index in [4.69, 9.17) is 9.47 Å². The minimum atomic E-state index is -0.642. The van der Waals surface area contributed by atoms with Crippen molar-refractivity contribution in [3.63, 3.8) is 0 Å². The number of nitrogens with zero attached hydrogens (tertiary/aromatic N) is 1. The molecule has 0 saturated carbocycles. The van der Waals surface area contributed by atoms with Gasteiger partial charge in [0.05, 0.1) is 16.0 Å². The van der Waals surface area contributed by atoms with Gasteiger partial charge in [0.2, 0.25) is 0 Å². The molecule has 8 nitrogen and oxygen atoms in total. The van der Waals surface area contributed by atoms with Crippen LogP contribution in [-0.2, 0) is 19.1 Å². The lowest BCUT2D eigenvalue weighted by Crippen LogP contribution is -2.34. The fourth-order valence-corrected chi connectivity index (χ4v) is 4.06. The summed E-state index contributed by atoms with van der Waals surface area (Å²) in [6.07, 6.45) is 1.55. The normalized spacial score (nSPS) is 14.6. The van der Waals surface area contributed by atoms with Gasteiger partial charge in [-0.15, -0.1) is 0 Å². The Labute approximate surface area is 197 Å². The number of esters is 1. The predicted octanol–water partition coefficient (Wildman–Crippen LogP) is 4.07. The second-order valence-corrected chi connectivity index (χ2v) is 8.31. The average Bonchev–Trinajstić information content (AvgIpc) is 3.01. The molecule has 1 fully saturated rings. The third-order valence-electron chi connectivity index (χ3n) is 4.14. The van der Waals surface area contributed by atoms with E-state index in [1.54, 1.807) is 43.3 Å². The Hall–Kier alpha value is -3.11. The van der Waals surface area contributed by atoms with Gasteiger partial charge in [-0.2, -0.15) is 0 Å². The molecular weight excluding hydrogens is 500 g/mol. The molecule has 0 aliphatic carbocycles. The van der Waals surface area contributed by atoms with Gasteiger partial charge >= 0.3 is 5.97 Å². The summed E-state index contributed by atoms with van der Waals surface area (Å²) in [5, 5.41) is 2.20. The Balaban J connectivity index is 1.61. The molecule has 32 heavy (non-hydrogen) atoms. The topological polar surface area (TPSA) is 102 Å². The largest absolute Gasteiger partial charge is 0.483 e. The van der Waals surface area contributed by atoms with Gasteiger partial charge in [0.15, 0.2) is 6.61 Å². The number of hydrogen-bond donors (Lipinski definition) is 1. The number of benzene rings is 2. The average molecular weight is 519 g/mol. The van der Waals surface area contributed by atoms with Crippen molar-refractivity contribution in [1.29, 1.82) is 0 Å². The zero-order valence-electron chi connectivity index (χ0n) is 17.0. The van der Waals surface area contributed by atoms with Gasteiger partial charge in [0, 0.05) is 5.69 Å². The van der Waals surface area contributed by atoms with Crippen LogP contribution in [0, 0.1) is 0 Å². The summed E-state index contributed by atoms with van der Waals surface area (Å²) in [6, 6.07) is 14.1. The standard InChI is InChI=1S/C22H19BrN2O6S/c1-2-30-20(27)12-25-21(28)18(32-22(25)29)11-14-8-9-17(16(23)10-14)31-13-19(26)24-15-6-4-3-5-7-15/h3-11H,2,12-13H2,1H3,(H,24,26)/b18-11-. The molecule has 1 saturated heterocycles. The summed E-state index contributed by atoms with van der Waals surface area (Å²) in [5.74, 6) is -1.05. The van der Waals surface area contributed by atoms with Crippen molar-refractivity contribution in [3.05, 3.63) is 63.5 Å². The second kappa shape index (κ2) is 11.0. The number of nitrogens with one attached hydrogen (secondary N) is 1. The van der Waals surface area contributed by atoms with Crippen LogP contribution in [0.4, 0.5) is 10.5 Å². The maximum absolute atomic E-state index is 12.5. The maximum atomic E-state index is 12.5. The number of rotatable bonds is 8. The number of carbonyl (C=O) groups is 4. The number of imide groups is 1. The van der Waals surface area contributed by atoms with Crippen molar-refractivity contribution in [1.82, 2.24) is 4.90 Å². The van der Waals surface area contributed by atoms with E-state index in [1.807, 2.05) is 18.2 Å². The molecule has 0 bridgehead atoms. The summed E-state index contributed by atoms with van der Waals surface area (Å²) >= 11 is 4.14. The van der Waals surface area contributed by atoms with Crippen molar-refractivity contribution < 1.29 is 28.7 Å². The molecule has 166 valence electrons. The second-order valence-electron chi connectivity index (χ2n) is 6.47. The fourth-order valence-electron chi connectivity index (χ4n) is 2.71. The predicted molar refractivity (Wildman–Crippen MR) is 124 cm³/mol. The minimum absolute atomic E-state index is 0.168. The molecule has 1 heterocycles. The van der Waals surface area contributed by atoms with E-state index >= 15 is 0 Å². The summed E-state index contributed by atoms with van der Waals surface area (Å²) in [5.41, 5.74) is 1.31. The number of ether oxygens (including phenoxy) is 2. The molecule has 3 amide bonds. The van der Waals surface area contributed by atoms with Crippen molar-refractivity contribution in [3.8, 4) is 5.75 Å². The molecule has 0 aromatic heterocycles. The van der Waals surface area contributed by atoms with E-state index in [2.05, 4.69) is 21.2 Å². The lowest BCUT2D eigenvalue weighted by molar-refractivity contribution is -0.146.